The van der Waals surface area contributed by atoms with Crippen LogP contribution in [0.3, 0.4) is 0 Å². The van der Waals surface area contributed by atoms with Gasteiger partial charge in [-0.2, -0.15) is 0 Å². The molecular formula is C15H17N3O3S. The van der Waals surface area contributed by atoms with Crippen LogP contribution in [0.4, 0.5) is 0 Å². The Morgan fingerprint density at radius 3 is 2.77 bits per heavy atom. The Morgan fingerprint density at radius 2 is 2.18 bits per heavy atom. The van der Waals surface area contributed by atoms with Crippen molar-refractivity contribution in [1.29, 1.82) is 0 Å². The van der Waals surface area contributed by atoms with Crippen LogP contribution >= 0.6 is 12.2 Å². The average molecular weight is 319 g/mol. The second kappa shape index (κ2) is 6.02. The van der Waals surface area contributed by atoms with Crippen LogP contribution in [0.5, 0.6) is 0 Å². The molecule has 0 radical (unpaired) electrons. The summed E-state index contributed by atoms with van der Waals surface area (Å²) < 4.78 is 5.23. The number of β-amino-alcohol motifs (C(OH)–C–C–N with tert-alkyl or cyclic N) is 1. The summed E-state index contributed by atoms with van der Waals surface area (Å²) in [5, 5.41) is 16.4. The van der Waals surface area contributed by atoms with Crippen LogP contribution in [0, 0.1) is 10.8 Å². The third-order valence-corrected chi connectivity index (χ3v) is 4.20. The summed E-state index contributed by atoms with van der Waals surface area (Å²) in [6.07, 6.45) is 0.365. The fourth-order valence-corrected chi connectivity index (χ4v) is 2.65. The molecule has 0 unspecified atom stereocenters. The smallest absolute Gasteiger partial charge is 0.284 e. The Kier molecular flexibility index (Phi) is 4.08. The molecule has 1 saturated heterocycles. The average Bonchev–Trinajstić information content (AvgIpc) is 2.96. The van der Waals surface area contributed by atoms with E-state index in [2.05, 4.69) is 10.2 Å². The summed E-state index contributed by atoms with van der Waals surface area (Å²) in [4.78, 5) is 14.4. The molecular weight excluding hydrogens is 302 g/mol. The van der Waals surface area contributed by atoms with Crippen LogP contribution in [0.2, 0.25) is 0 Å². The van der Waals surface area contributed by atoms with Gasteiger partial charge in [0.1, 0.15) is 0 Å². The van der Waals surface area contributed by atoms with Crippen molar-refractivity contribution in [3.05, 3.63) is 34.7 Å². The maximum Gasteiger partial charge on any atom is 0.284 e. The van der Waals surface area contributed by atoms with Gasteiger partial charge in [0.15, 0.2) is 0 Å². The van der Waals surface area contributed by atoms with E-state index in [1.165, 1.54) is 0 Å². The molecule has 1 aliphatic rings. The van der Waals surface area contributed by atoms with Gasteiger partial charge in [0.25, 0.3) is 10.7 Å². The first kappa shape index (κ1) is 14.9. The number of nitrogens with zero attached hydrogens (tertiary/aromatic N) is 2. The Labute approximate surface area is 132 Å². The van der Waals surface area contributed by atoms with Crippen LogP contribution in [0.15, 0.2) is 28.7 Å². The molecule has 6 nitrogen and oxygen atoms in total. The minimum atomic E-state index is -0.453. The van der Waals surface area contributed by atoms with Crippen LogP contribution in [-0.4, -0.2) is 45.3 Å². The minimum absolute atomic E-state index is 0.0691. The van der Waals surface area contributed by atoms with E-state index in [1.807, 2.05) is 6.92 Å². The fourth-order valence-electron chi connectivity index (χ4n) is 2.52. The second-order valence-corrected chi connectivity index (χ2v) is 5.95. The molecule has 7 heteroatoms. The van der Waals surface area contributed by atoms with E-state index < -0.39 is 6.10 Å². The van der Waals surface area contributed by atoms with Crippen LogP contribution in [0.1, 0.15) is 23.7 Å². The molecule has 2 aromatic rings. The summed E-state index contributed by atoms with van der Waals surface area (Å²) in [7, 11) is 0. The van der Waals surface area contributed by atoms with Gasteiger partial charge in [0, 0.05) is 24.2 Å². The summed E-state index contributed by atoms with van der Waals surface area (Å²) in [5.74, 6) is 0.562. The Hall–Kier alpha value is -1.99. The van der Waals surface area contributed by atoms with E-state index in [1.54, 1.807) is 29.2 Å². The Bertz CT molecular complexity index is 722. The lowest BCUT2D eigenvalue weighted by atomic mass is 9.95. The number of aliphatic hydroxyl groups is 1. The summed E-state index contributed by atoms with van der Waals surface area (Å²) in [5.41, 5.74) is 1.33. The number of carbonyl (C=O) groups is 1. The highest BCUT2D eigenvalue weighted by Gasteiger charge is 2.27. The minimum Gasteiger partial charge on any atom is -0.409 e. The highest BCUT2D eigenvalue weighted by molar-refractivity contribution is 7.71. The van der Waals surface area contributed by atoms with Crippen LogP contribution in [-0.2, 0) is 0 Å². The summed E-state index contributed by atoms with van der Waals surface area (Å²) >= 11 is 4.84. The van der Waals surface area contributed by atoms with Gasteiger partial charge in [0.05, 0.1) is 6.10 Å². The number of carbonyl (C=O) groups excluding carboxylic acids is 1. The molecule has 0 bridgehead atoms. The van der Waals surface area contributed by atoms with Crippen LogP contribution in [0.25, 0.3) is 11.5 Å². The molecule has 0 spiro atoms. The van der Waals surface area contributed by atoms with E-state index in [0.717, 1.165) is 12.0 Å². The number of piperidine rings is 1. The zero-order chi connectivity index (χ0) is 15.7. The quantitative estimate of drug-likeness (QED) is 0.830. The van der Waals surface area contributed by atoms with Gasteiger partial charge in [0.2, 0.25) is 5.89 Å². The molecule has 0 aliphatic carbocycles. The highest BCUT2D eigenvalue weighted by Crippen LogP contribution is 2.21. The zero-order valence-corrected chi connectivity index (χ0v) is 13.0. The number of likely N-dealkylation sites (tertiary alicyclic amines) is 1. The number of hydrogen-bond acceptors (Lipinski definition) is 5. The lowest BCUT2D eigenvalue weighted by Gasteiger charge is -2.34. The first-order valence-electron chi connectivity index (χ1n) is 7.18. The van der Waals surface area contributed by atoms with Crippen molar-refractivity contribution in [2.24, 2.45) is 5.92 Å². The SMILES string of the molecule is C[C@H]1CCN(C(=O)c2ccc(-c3n[nH]c(=S)o3)cc2)C[C@@H]1O. The normalized spacial score (nSPS) is 21.8. The van der Waals surface area contributed by atoms with E-state index in [0.29, 0.717) is 24.5 Å². The maximum absolute atomic E-state index is 12.5. The van der Waals surface area contributed by atoms with E-state index >= 15 is 0 Å². The van der Waals surface area contributed by atoms with Crippen molar-refractivity contribution in [2.45, 2.75) is 19.4 Å². The van der Waals surface area contributed by atoms with Crippen molar-refractivity contribution >= 4 is 18.1 Å². The lowest BCUT2D eigenvalue weighted by Crippen LogP contribution is -2.45. The van der Waals surface area contributed by atoms with Gasteiger partial charge in [-0.25, -0.2) is 5.10 Å². The van der Waals surface area contributed by atoms with Gasteiger partial charge < -0.3 is 14.4 Å². The number of benzene rings is 1. The Morgan fingerprint density at radius 1 is 1.45 bits per heavy atom. The predicted octanol–water partition coefficient (Wildman–Crippen LogP) is 2.24. The van der Waals surface area contributed by atoms with Gasteiger partial charge in [-0.15, -0.1) is 5.10 Å². The number of hydrogen-bond donors (Lipinski definition) is 2. The van der Waals surface area contributed by atoms with Gasteiger partial charge >= 0.3 is 0 Å². The molecule has 1 aromatic carbocycles. The number of aliphatic hydroxyl groups excluding tert-OH is 1. The van der Waals surface area contributed by atoms with E-state index in [9.17, 15) is 9.90 Å². The highest BCUT2D eigenvalue weighted by atomic mass is 32.1. The number of nitrogens with one attached hydrogen (secondary N) is 1. The van der Waals surface area contributed by atoms with Gasteiger partial charge in [-0.3, -0.25) is 4.79 Å². The van der Waals surface area contributed by atoms with Gasteiger partial charge in [-0.05, 0) is 48.8 Å². The molecule has 2 atom stereocenters. The van der Waals surface area contributed by atoms with Crippen molar-refractivity contribution in [3.63, 3.8) is 0 Å². The van der Waals surface area contributed by atoms with Crippen molar-refractivity contribution in [1.82, 2.24) is 15.1 Å². The van der Waals surface area contributed by atoms with Crippen molar-refractivity contribution in [3.8, 4) is 11.5 Å². The summed E-state index contributed by atoms with van der Waals surface area (Å²) in [6.45, 7) is 3.06. The molecule has 3 rings (SSSR count). The largest absolute Gasteiger partial charge is 0.409 e. The number of amides is 1. The monoisotopic (exact) mass is 319 g/mol. The van der Waals surface area contributed by atoms with Crippen molar-refractivity contribution < 1.29 is 14.3 Å². The molecule has 1 aliphatic heterocycles. The zero-order valence-electron chi connectivity index (χ0n) is 12.2. The second-order valence-electron chi connectivity index (χ2n) is 5.58. The topological polar surface area (TPSA) is 82.4 Å². The first-order valence-corrected chi connectivity index (χ1v) is 7.58. The van der Waals surface area contributed by atoms with E-state index in [-0.39, 0.29) is 16.7 Å². The number of aromatic amines is 1. The fraction of sp³-hybridized carbons (Fsp3) is 0.400. The first-order chi connectivity index (χ1) is 10.5. The standard InChI is InChI=1S/C15H17N3O3S/c1-9-6-7-18(8-12(9)19)14(20)11-4-2-10(3-5-11)13-16-17-15(22)21-13/h2-5,9,12,19H,6-8H2,1H3,(H,17,22)/t9-,12-/m0/s1. The molecule has 2 N–H and O–H groups in total. The van der Waals surface area contributed by atoms with Crippen molar-refractivity contribution in [2.75, 3.05) is 13.1 Å². The molecule has 116 valence electrons. The number of aromatic nitrogens is 2. The molecule has 22 heavy (non-hydrogen) atoms. The molecule has 1 aromatic heterocycles. The predicted molar refractivity (Wildman–Crippen MR) is 82.8 cm³/mol. The Balaban J connectivity index is 1.75. The van der Waals surface area contributed by atoms with Gasteiger partial charge in [-0.1, -0.05) is 6.92 Å². The number of rotatable bonds is 2. The molecule has 0 saturated carbocycles. The third kappa shape index (κ3) is 2.95. The number of H-pyrrole nitrogens is 1. The molecule has 2 heterocycles. The maximum atomic E-state index is 12.5. The molecule has 1 amide bonds. The third-order valence-electron chi connectivity index (χ3n) is 4.02. The lowest BCUT2D eigenvalue weighted by molar-refractivity contribution is 0.0248. The summed E-state index contributed by atoms with van der Waals surface area (Å²) in [6, 6.07) is 7.00. The van der Waals surface area contributed by atoms with E-state index in [4.69, 9.17) is 16.6 Å². The molecule has 1 fully saturated rings. The van der Waals surface area contributed by atoms with Crippen LogP contribution < -0.4 is 0 Å².